The lowest BCUT2D eigenvalue weighted by Crippen LogP contribution is -2.58. The van der Waals surface area contributed by atoms with Gasteiger partial charge in [0.05, 0.1) is 36.1 Å². The predicted octanol–water partition coefficient (Wildman–Crippen LogP) is 4.37. The fraction of sp³-hybridized carbons (Fsp3) is 0.520. The van der Waals surface area contributed by atoms with E-state index in [0.29, 0.717) is 54.4 Å². The lowest BCUT2D eigenvalue weighted by Gasteiger charge is -2.46. The number of nitrogens with one attached hydrogen (secondary N) is 1. The van der Waals surface area contributed by atoms with Crippen LogP contribution < -0.4 is 10.1 Å². The number of carbonyl (C=O) groups is 1. The van der Waals surface area contributed by atoms with Crippen molar-refractivity contribution in [2.75, 3.05) is 45.3 Å². The highest BCUT2D eigenvalue weighted by atomic mass is 35.5. The summed E-state index contributed by atoms with van der Waals surface area (Å²) in [4.78, 5) is 26.6. The highest BCUT2D eigenvalue weighted by molar-refractivity contribution is 6.33. The SMILES string of the molecule is [C-]#[N+]c1ccc(Nc2ncnc(OC3C4COCC3CN(C(=O)OCC3(OC)CC3)C4)c2C)c(Cl)c1. The summed E-state index contributed by atoms with van der Waals surface area (Å²) in [6.07, 6.45) is 2.80. The molecule has 0 spiro atoms. The van der Waals surface area contributed by atoms with Crippen molar-refractivity contribution in [1.29, 1.82) is 0 Å². The van der Waals surface area contributed by atoms with Gasteiger partial charge in [0, 0.05) is 32.0 Å². The lowest BCUT2D eigenvalue weighted by atomic mass is 9.84. The fourth-order valence-electron chi connectivity index (χ4n) is 4.68. The number of anilines is 2. The van der Waals surface area contributed by atoms with Gasteiger partial charge in [0.2, 0.25) is 5.88 Å². The standard InChI is InChI=1S/C25H28ClN5O5/c1-15-22(30-20-5-4-18(27-2)8-19(20)26)28-14-29-23(15)36-21-16-9-31(10-17(21)12-34-11-16)24(32)35-13-25(33-3)6-7-25/h4-5,8,14,16-17,21H,6-7,9-13H2,1,3H3,(H,28,29,30). The Morgan fingerprint density at radius 3 is 2.69 bits per heavy atom. The summed E-state index contributed by atoms with van der Waals surface area (Å²) in [5.41, 5.74) is 1.53. The number of halogens is 1. The molecule has 3 heterocycles. The third-order valence-corrected chi connectivity index (χ3v) is 7.39. The van der Waals surface area contributed by atoms with E-state index in [-0.39, 0.29) is 36.2 Å². The van der Waals surface area contributed by atoms with Crippen molar-refractivity contribution in [1.82, 2.24) is 14.9 Å². The van der Waals surface area contributed by atoms with E-state index >= 15 is 0 Å². The van der Waals surface area contributed by atoms with E-state index in [2.05, 4.69) is 20.1 Å². The lowest BCUT2D eigenvalue weighted by molar-refractivity contribution is -0.111. The molecule has 1 aromatic heterocycles. The molecule has 2 aromatic rings. The molecule has 2 saturated heterocycles. The van der Waals surface area contributed by atoms with Crippen LogP contribution in [0.2, 0.25) is 5.02 Å². The van der Waals surface area contributed by atoms with Crippen LogP contribution in [0.25, 0.3) is 4.85 Å². The smallest absolute Gasteiger partial charge is 0.409 e. The fourth-order valence-corrected chi connectivity index (χ4v) is 4.90. The maximum atomic E-state index is 12.7. The molecule has 10 nitrogen and oxygen atoms in total. The number of rotatable bonds is 7. The Balaban J connectivity index is 1.26. The summed E-state index contributed by atoms with van der Waals surface area (Å²) in [5, 5.41) is 3.63. The van der Waals surface area contributed by atoms with Crippen LogP contribution in [0.15, 0.2) is 24.5 Å². The van der Waals surface area contributed by atoms with Crippen LogP contribution in [0.5, 0.6) is 5.88 Å². The van der Waals surface area contributed by atoms with E-state index in [0.717, 1.165) is 18.4 Å². The molecule has 2 aliphatic heterocycles. The van der Waals surface area contributed by atoms with Crippen molar-refractivity contribution in [2.45, 2.75) is 31.5 Å². The highest BCUT2D eigenvalue weighted by Gasteiger charge is 2.47. The molecule has 3 fully saturated rings. The van der Waals surface area contributed by atoms with Crippen LogP contribution in [-0.4, -0.2) is 72.7 Å². The largest absolute Gasteiger partial charge is 0.473 e. The molecule has 1 aromatic carbocycles. The Morgan fingerprint density at radius 1 is 1.31 bits per heavy atom. The van der Waals surface area contributed by atoms with Gasteiger partial charge in [-0.25, -0.2) is 19.6 Å². The topological polar surface area (TPSA) is 99.4 Å². The first kappa shape index (κ1) is 24.6. The van der Waals surface area contributed by atoms with Crippen LogP contribution in [0.3, 0.4) is 0 Å². The van der Waals surface area contributed by atoms with Crippen LogP contribution in [0.4, 0.5) is 22.0 Å². The maximum Gasteiger partial charge on any atom is 0.409 e. The number of aromatic nitrogens is 2. The molecule has 2 unspecified atom stereocenters. The van der Waals surface area contributed by atoms with E-state index in [1.165, 1.54) is 6.33 Å². The second kappa shape index (κ2) is 10.1. The first-order valence-corrected chi connectivity index (χ1v) is 12.3. The number of fused-ring (bicyclic) bond motifs is 2. The Bertz CT molecular complexity index is 1170. The minimum absolute atomic E-state index is 0.0104. The number of piperidine rings is 1. The quantitative estimate of drug-likeness (QED) is 0.545. The molecule has 36 heavy (non-hydrogen) atoms. The number of amides is 1. The van der Waals surface area contributed by atoms with E-state index in [9.17, 15) is 4.79 Å². The molecular formula is C25H28ClN5O5. The monoisotopic (exact) mass is 513 g/mol. The zero-order chi connectivity index (χ0) is 25.3. The summed E-state index contributed by atoms with van der Waals surface area (Å²) in [7, 11) is 1.65. The van der Waals surface area contributed by atoms with Gasteiger partial charge in [-0.3, -0.25) is 0 Å². The number of ether oxygens (including phenoxy) is 4. The summed E-state index contributed by atoms with van der Waals surface area (Å²) >= 11 is 6.32. The van der Waals surface area contributed by atoms with Gasteiger partial charge in [-0.05, 0) is 31.9 Å². The van der Waals surface area contributed by atoms with Crippen molar-refractivity contribution in [2.24, 2.45) is 11.8 Å². The van der Waals surface area contributed by atoms with E-state index in [1.807, 2.05) is 6.92 Å². The van der Waals surface area contributed by atoms with Crippen LogP contribution in [0.1, 0.15) is 18.4 Å². The Kier molecular flexibility index (Phi) is 6.88. The third-order valence-electron chi connectivity index (χ3n) is 7.08. The summed E-state index contributed by atoms with van der Waals surface area (Å²) in [6, 6.07) is 5.03. The second-order valence-electron chi connectivity index (χ2n) is 9.54. The number of carbonyl (C=O) groups excluding carboxylic acids is 1. The number of hydrogen-bond acceptors (Lipinski definition) is 8. The molecule has 1 N–H and O–H groups in total. The molecular weight excluding hydrogens is 486 g/mol. The molecule has 1 saturated carbocycles. The van der Waals surface area contributed by atoms with Gasteiger partial charge in [-0.15, -0.1) is 0 Å². The number of methoxy groups -OCH3 is 1. The molecule has 11 heteroatoms. The molecule has 2 bridgehead atoms. The number of benzene rings is 1. The maximum absolute atomic E-state index is 12.7. The third kappa shape index (κ3) is 5.05. The van der Waals surface area contributed by atoms with E-state index in [1.54, 1.807) is 30.2 Å². The van der Waals surface area contributed by atoms with Gasteiger partial charge >= 0.3 is 6.09 Å². The van der Waals surface area contributed by atoms with Crippen molar-refractivity contribution < 1.29 is 23.7 Å². The summed E-state index contributed by atoms with van der Waals surface area (Å²) in [5.74, 6) is 1.01. The van der Waals surface area contributed by atoms with Crippen molar-refractivity contribution in [3.05, 3.63) is 46.5 Å². The van der Waals surface area contributed by atoms with Crippen molar-refractivity contribution in [3.8, 4) is 5.88 Å². The Labute approximate surface area is 214 Å². The zero-order valence-corrected chi connectivity index (χ0v) is 21.0. The zero-order valence-electron chi connectivity index (χ0n) is 20.2. The van der Waals surface area contributed by atoms with Gasteiger partial charge in [0.15, 0.2) is 5.69 Å². The van der Waals surface area contributed by atoms with Gasteiger partial charge < -0.3 is 29.2 Å². The molecule has 1 aliphatic carbocycles. The Hall–Kier alpha value is -3.13. The molecule has 5 rings (SSSR count). The number of hydrogen-bond donors (Lipinski definition) is 1. The first-order chi connectivity index (χ1) is 17.4. The minimum Gasteiger partial charge on any atom is -0.473 e. The molecule has 1 amide bonds. The van der Waals surface area contributed by atoms with Gasteiger partial charge in [0.25, 0.3) is 0 Å². The predicted molar refractivity (Wildman–Crippen MR) is 132 cm³/mol. The van der Waals surface area contributed by atoms with Gasteiger partial charge in [-0.1, -0.05) is 17.7 Å². The molecule has 3 aliphatic rings. The minimum atomic E-state index is -0.320. The normalized spacial score (nSPS) is 23.9. The van der Waals surface area contributed by atoms with E-state index < -0.39 is 0 Å². The number of nitrogens with zero attached hydrogens (tertiary/aromatic N) is 4. The van der Waals surface area contributed by atoms with Crippen molar-refractivity contribution >= 4 is 34.9 Å². The van der Waals surface area contributed by atoms with Crippen LogP contribution in [0, 0.1) is 25.3 Å². The molecule has 2 atom stereocenters. The summed E-state index contributed by atoms with van der Waals surface area (Å²) in [6.45, 7) is 11.2. The first-order valence-electron chi connectivity index (χ1n) is 11.9. The average molecular weight is 514 g/mol. The summed E-state index contributed by atoms with van der Waals surface area (Å²) < 4.78 is 23.2. The molecule has 0 radical (unpaired) electrons. The van der Waals surface area contributed by atoms with Gasteiger partial charge in [-0.2, -0.15) is 0 Å². The van der Waals surface area contributed by atoms with E-state index in [4.69, 9.17) is 37.1 Å². The highest BCUT2D eigenvalue weighted by Crippen LogP contribution is 2.39. The number of likely N-dealkylation sites (tertiary alicyclic amines) is 1. The van der Waals surface area contributed by atoms with Crippen molar-refractivity contribution in [3.63, 3.8) is 0 Å². The van der Waals surface area contributed by atoms with Crippen LogP contribution >= 0.6 is 11.6 Å². The van der Waals surface area contributed by atoms with Crippen LogP contribution in [-0.2, 0) is 14.2 Å². The molecule has 190 valence electrons. The second-order valence-corrected chi connectivity index (χ2v) is 9.95. The average Bonchev–Trinajstić information content (AvgIpc) is 3.66. The Morgan fingerprint density at radius 2 is 2.06 bits per heavy atom. The van der Waals surface area contributed by atoms with Gasteiger partial charge in [0.1, 0.15) is 30.5 Å².